The Bertz CT molecular complexity index is 742. The van der Waals surface area contributed by atoms with Crippen molar-refractivity contribution < 1.29 is 9.53 Å². The molecule has 3 N–H and O–H groups in total. The van der Waals surface area contributed by atoms with E-state index in [-0.39, 0.29) is 0 Å². The van der Waals surface area contributed by atoms with E-state index in [1.54, 1.807) is 30.6 Å². The lowest BCUT2D eigenvalue weighted by Gasteiger charge is -2.32. The third kappa shape index (κ3) is 3.71. The van der Waals surface area contributed by atoms with Gasteiger partial charge in [0.05, 0.1) is 30.8 Å². The Morgan fingerprint density at radius 3 is 2.64 bits per heavy atom. The fourth-order valence-corrected chi connectivity index (χ4v) is 3.09. The van der Waals surface area contributed by atoms with Crippen molar-refractivity contribution in [3.05, 3.63) is 36.2 Å². The Morgan fingerprint density at radius 2 is 2.04 bits per heavy atom. The molecule has 1 aliphatic rings. The van der Waals surface area contributed by atoms with Crippen LogP contribution in [0.5, 0.6) is 5.75 Å². The van der Waals surface area contributed by atoms with Gasteiger partial charge in [0.1, 0.15) is 11.6 Å². The van der Waals surface area contributed by atoms with Crippen LogP contribution in [0.25, 0.3) is 11.3 Å². The first-order valence-electron chi connectivity index (χ1n) is 8.34. The van der Waals surface area contributed by atoms with Gasteiger partial charge < -0.3 is 20.7 Å². The zero-order chi connectivity index (χ0) is 17.8. The van der Waals surface area contributed by atoms with Crippen LogP contribution in [0.2, 0.25) is 0 Å². The summed E-state index contributed by atoms with van der Waals surface area (Å²) in [6.07, 6.45) is 5.73. The maximum Gasteiger partial charge on any atom is 0.252 e. The Labute approximate surface area is 147 Å². The SMILES string of the molecule is COc1cc(-c2cnc(N(C)C3CCNCC3)cn2)ccc1C(N)=O. The number of hydrogen-bond acceptors (Lipinski definition) is 6. The maximum absolute atomic E-state index is 11.4. The number of rotatable bonds is 5. The predicted molar refractivity (Wildman–Crippen MR) is 96.8 cm³/mol. The molecule has 0 unspecified atom stereocenters. The minimum Gasteiger partial charge on any atom is -0.496 e. The molecule has 7 nitrogen and oxygen atoms in total. The first-order valence-corrected chi connectivity index (χ1v) is 8.34. The first kappa shape index (κ1) is 17.2. The number of amides is 1. The number of benzene rings is 1. The number of nitrogens with two attached hydrogens (primary N) is 1. The van der Waals surface area contributed by atoms with Gasteiger partial charge in [-0.05, 0) is 38.1 Å². The van der Waals surface area contributed by atoms with Gasteiger partial charge in [0.15, 0.2) is 0 Å². The molecule has 1 fully saturated rings. The summed E-state index contributed by atoms with van der Waals surface area (Å²) < 4.78 is 5.25. The van der Waals surface area contributed by atoms with Crippen LogP contribution in [0.4, 0.5) is 5.82 Å². The average Bonchev–Trinajstić information content (AvgIpc) is 2.67. The van der Waals surface area contributed by atoms with Crippen molar-refractivity contribution in [3.63, 3.8) is 0 Å². The van der Waals surface area contributed by atoms with Gasteiger partial charge in [0.2, 0.25) is 0 Å². The van der Waals surface area contributed by atoms with Crippen LogP contribution in [-0.2, 0) is 0 Å². The van der Waals surface area contributed by atoms with E-state index in [0.717, 1.165) is 43.0 Å². The Morgan fingerprint density at radius 1 is 1.28 bits per heavy atom. The largest absolute Gasteiger partial charge is 0.496 e. The van der Waals surface area contributed by atoms with Gasteiger partial charge >= 0.3 is 0 Å². The van der Waals surface area contributed by atoms with Gasteiger partial charge in [-0.2, -0.15) is 0 Å². The van der Waals surface area contributed by atoms with Gasteiger partial charge in [-0.3, -0.25) is 9.78 Å². The van der Waals surface area contributed by atoms with Gasteiger partial charge in [-0.25, -0.2) is 4.98 Å². The highest BCUT2D eigenvalue weighted by atomic mass is 16.5. The topological polar surface area (TPSA) is 93.4 Å². The fraction of sp³-hybridized carbons (Fsp3) is 0.389. The summed E-state index contributed by atoms with van der Waals surface area (Å²) in [5, 5.41) is 3.37. The molecule has 1 saturated heterocycles. The molecule has 2 aromatic rings. The standard InChI is InChI=1S/C18H23N5O2/c1-23(13-5-7-20-8-6-13)17-11-21-15(10-22-17)12-3-4-14(18(19)24)16(9-12)25-2/h3-4,9-11,13,20H,5-8H2,1-2H3,(H2,19,24). The number of primary amides is 1. The van der Waals surface area contributed by atoms with E-state index < -0.39 is 5.91 Å². The minimum absolute atomic E-state index is 0.349. The molecule has 25 heavy (non-hydrogen) atoms. The smallest absolute Gasteiger partial charge is 0.252 e. The van der Waals surface area contributed by atoms with Crippen LogP contribution in [0, 0.1) is 0 Å². The van der Waals surface area contributed by atoms with Crippen LogP contribution >= 0.6 is 0 Å². The van der Waals surface area contributed by atoms with E-state index in [9.17, 15) is 4.79 Å². The lowest BCUT2D eigenvalue weighted by molar-refractivity contribution is 0.0997. The van der Waals surface area contributed by atoms with Crippen LogP contribution in [-0.4, -0.2) is 49.2 Å². The molecule has 1 aliphatic heterocycles. The second-order valence-electron chi connectivity index (χ2n) is 6.13. The third-order valence-corrected chi connectivity index (χ3v) is 4.62. The van der Waals surface area contributed by atoms with Gasteiger partial charge in [0, 0.05) is 18.7 Å². The molecule has 1 aromatic heterocycles. The van der Waals surface area contributed by atoms with Crippen molar-refractivity contribution in [2.45, 2.75) is 18.9 Å². The van der Waals surface area contributed by atoms with E-state index in [4.69, 9.17) is 10.5 Å². The van der Waals surface area contributed by atoms with Crippen LogP contribution in [0.1, 0.15) is 23.2 Å². The highest BCUT2D eigenvalue weighted by Crippen LogP contribution is 2.26. The number of carbonyl (C=O) groups is 1. The average molecular weight is 341 g/mol. The second kappa shape index (κ2) is 7.48. The van der Waals surface area contributed by atoms with E-state index in [1.165, 1.54) is 7.11 Å². The van der Waals surface area contributed by atoms with Crippen molar-refractivity contribution in [2.24, 2.45) is 5.73 Å². The summed E-state index contributed by atoms with van der Waals surface area (Å²) in [5.41, 5.74) is 7.24. The molecule has 0 saturated carbocycles. The first-order chi connectivity index (χ1) is 12.1. The summed E-state index contributed by atoms with van der Waals surface area (Å²) >= 11 is 0. The lowest BCUT2D eigenvalue weighted by atomic mass is 10.1. The molecule has 1 amide bonds. The monoisotopic (exact) mass is 341 g/mol. The summed E-state index contributed by atoms with van der Waals surface area (Å²) in [6.45, 7) is 2.07. The van der Waals surface area contributed by atoms with E-state index in [0.29, 0.717) is 17.4 Å². The number of methoxy groups -OCH3 is 1. The van der Waals surface area contributed by atoms with Gasteiger partial charge in [-0.15, -0.1) is 0 Å². The second-order valence-corrected chi connectivity index (χ2v) is 6.13. The highest BCUT2D eigenvalue weighted by molar-refractivity contribution is 5.96. The Balaban J connectivity index is 1.81. The molecule has 0 aliphatic carbocycles. The zero-order valence-electron chi connectivity index (χ0n) is 14.5. The van der Waals surface area contributed by atoms with Crippen molar-refractivity contribution >= 4 is 11.7 Å². The molecule has 0 bridgehead atoms. The molecular formula is C18H23N5O2. The number of nitrogens with one attached hydrogen (secondary N) is 1. The van der Waals surface area contributed by atoms with Crippen LogP contribution in [0.3, 0.4) is 0 Å². The van der Waals surface area contributed by atoms with Crippen LogP contribution < -0.4 is 20.7 Å². The summed E-state index contributed by atoms with van der Waals surface area (Å²) in [7, 11) is 3.57. The number of nitrogens with zero attached hydrogens (tertiary/aromatic N) is 3. The molecule has 0 radical (unpaired) electrons. The molecule has 0 spiro atoms. The zero-order valence-corrected chi connectivity index (χ0v) is 14.5. The number of carbonyl (C=O) groups excluding carboxylic acids is 1. The highest BCUT2D eigenvalue weighted by Gasteiger charge is 2.19. The number of ether oxygens (including phenoxy) is 1. The van der Waals surface area contributed by atoms with E-state index in [2.05, 4.69) is 27.2 Å². The lowest BCUT2D eigenvalue weighted by Crippen LogP contribution is -2.41. The molecule has 3 rings (SSSR count). The number of anilines is 1. The number of hydrogen-bond donors (Lipinski definition) is 2. The van der Waals surface area contributed by atoms with Gasteiger partial charge in [-0.1, -0.05) is 6.07 Å². The minimum atomic E-state index is -0.520. The van der Waals surface area contributed by atoms with Crippen molar-refractivity contribution in [2.75, 3.05) is 32.1 Å². The summed E-state index contributed by atoms with van der Waals surface area (Å²) in [5.74, 6) is 0.771. The van der Waals surface area contributed by atoms with E-state index in [1.807, 2.05) is 0 Å². The molecule has 1 aromatic carbocycles. The van der Waals surface area contributed by atoms with Crippen LogP contribution in [0.15, 0.2) is 30.6 Å². The number of aromatic nitrogens is 2. The molecule has 7 heteroatoms. The predicted octanol–water partition coefficient (Wildman–Crippen LogP) is 1.44. The fourth-order valence-electron chi connectivity index (χ4n) is 3.09. The Hall–Kier alpha value is -2.67. The molecule has 0 atom stereocenters. The van der Waals surface area contributed by atoms with Crippen molar-refractivity contribution in [1.82, 2.24) is 15.3 Å². The quantitative estimate of drug-likeness (QED) is 0.855. The molecule has 2 heterocycles. The molecular weight excluding hydrogens is 318 g/mol. The third-order valence-electron chi connectivity index (χ3n) is 4.62. The Kier molecular flexibility index (Phi) is 5.14. The summed E-state index contributed by atoms with van der Waals surface area (Å²) in [4.78, 5) is 22.7. The van der Waals surface area contributed by atoms with E-state index >= 15 is 0 Å². The van der Waals surface area contributed by atoms with Crippen molar-refractivity contribution in [1.29, 1.82) is 0 Å². The summed E-state index contributed by atoms with van der Waals surface area (Å²) in [6, 6.07) is 5.67. The van der Waals surface area contributed by atoms with Crippen molar-refractivity contribution in [3.8, 4) is 17.0 Å². The maximum atomic E-state index is 11.4. The normalized spacial score (nSPS) is 15.0. The molecule has 132 valence electrons. The van der Waals surface area contributed by atoms with Gasteiger partial charge in [0.25, 0.3) is 5.91 Å². The number of piperidine rings is 1.